The zero-order chi connectivity index (χ0) is 13.0. The van der Waals surface area contributed by atoms with E-state index in [0.29, 0.717) is 6.04 Å². The average Bonchev–Trinajstić information content (AvgIpc) is 2.38. The Morgan fingerprint density at radius 1 is 1.17 bits per heavy atom. The Kier molecular flexibility index (Phi) is 4.82. The number of hydrogen-bond acceptors (Lipinski definition) is 1. The van der Waals surface area contributed by atoms with Crippen molar-refractivity contribution in [2.24, 2.45) is 5.92 Å². The molecule has 18 heavy (non-hydrogen) atoms. The van der Waals surface area contributed by atoms with E-state index in [9.17, 15) is 0 Å². The van der Waals surface area contributed by atoms with Crippen LogP contribution in [0.4, 0.5) is 0 Å². The molecular weight excluding hydrogens is 218 g/mol. The molecular formula is C17H27N. The summed E-state index contributed by atoms with van der Waals surface area (Å²) < 4.78 is 0. The van der Waals surface area contributed by atoms with E-state index in [1.807, 2.05) is 0 Å². The number of aryl methyl sites for hydroxylation is 2. The lowest BCUT2D eigenvalue weighted by Crippen LogP contribution is -2.34. The number of nitrogens with one attached hydrogen (secondary N) is 1. The lowest BCUT2D eigenvalue weighted by Gasteiger charge is -2.28. The van der Waals surface area contributed by atoms with Gasteiger partial charge in [-0.15, -0.1) is 0 Å². The van der Waals surface area contributed by atoms with Crippen molar-refractivity contribution in [3.63, 3.8) is 0 Å². The van der Waals surface area contributed by atoms with Crippen LogP contribution in [0.25, 0.3) is 0 Å². The minimum absolute atomic E-state index is 0.658. The maximum Gasteiger partial charge on any atom is 0.0210 e. The van der Waals surface area contributed by atoms with Gasteiger partial charge in [0.1, 0.15) is 0 Å². The molecule has 0 aliphatic heterocycles. The Morgan fingerprint density at radius 3 is 2.56 bits per heavy atom. The van der Waals surface area contributed by atoms with E-state index in [-0.39, 0.29) is 0 Å². The standard InChI is InChI=1S/C17H27N/c1-13-9-10-17(14(2)11-13)12-18-15(3)16-7-5-4-6-8-16/h9-11,15-16,18H,4-8,12H2,1-3H3/t15-/m0/s1. The normalized spacial score (nSPS) is 18.8. The smallest absolute Gasteiger partial charge is 0.0210 e. The maximum absolute atomic E-state index is 3.73. The third-order valence-electron chi connectivity index (χ3n) is 4.47. The number of hydrogen-bond donors (Lipinski definition) is 1. The zero-order valence-corrected chi connectivity index (χ0v) is 12.1. The fraction of sp³-hybridized carbons (Fsp3) is 0.647. The third kappa shape index (κ3) is 3.58. The van der Waals surface area contributed by atoms with E-state index in [1.165, 1.54) is 48.8 Å². The first-order valence-corrected chi connectivity index (χ1v) is 7.46. The molecule has 1 heteroatoms. The lowest BCUT2D eigenvalue weighted by atomic mass is 9.84. The highest BCUT2D eigenvalue weighted by Gasteiger charge is 2.19. The van der Waals surface area contributed by atoms with Crippen LogP contribution >= 0.6 is 0 Å². The van der Waals surface area contributed by atoms with Crippen molar-refractivity contribution in [3.8, 4) is 0 Å². The van der Waals surface area contributed by atoms with Crippen LogP contribution in [0.15, 0.2) is 18.2 Å². The van der Waals surface area contributed by atoms with Crippen molar-refractivity contribution < 1.29 is 0 Å². The second-order valence-corrected chi connectivity index (χ2v) is 6.00. The van der Waals surface area contributed by atoms with Gasteiger partial charge in [0.05, 0.1) is 0 Å². The summed E-state index contributed by atoms with van der Waals surface area (Å²) in [5, 5.41) is 3.73. The van der Waals surface area contributed by atoms with Crippen LogP contribution in [0.1, 0.15) is 55.7 Å². The molecule has 0 aromatic heterocycles. The van der Waals surface area contributed by atoms with E-state index in [2.05, 4.69) is 44.3 Å². The SMILES string of the molecule is Cc1ccc(CN[C@@H](C)C2CCCCC2)c(C)c1. The molecule has 0 unspecified atom stereocenters. The summed E-state index contributed by atoms with van der Waals surface area (Å²) in [6.45, 7) is 7.76. The van der Waals surface area contributed by atoms with Crippen LogP contribution in [0.2, 0.25) is 0 Å². The first-order chi connectivity index (χ1) is 8.66. The van der Waals surface area contributed by atoms with Crippen LogP contribution in [0, 0.1) is 19.8 Å². The predicted molar refractivity (Wildman–Crippen MR) is 78.8 cm³/mol. The fourth-order valence-corrected chi connectivity index (χ4v) is 3.12. The van der Waals surface area contributed by atoms with Crippen molar-refractivity contribution in [3.05, 3.63) is 34.9 Å². The summed E-state index contributed by atoms with van der Waals surface area (Å²) in [5.41, 5.74) is 4.22. The first kappa shape index (κ1) is 13.6. The molecule has 0 spiro atoms. The highest BCUT2D eigenvalue weighted by Crippen LogP contribution is 2.26. The second kappa shape index (κ2) is 6.38. The maximum atomic E-state index is 3.73. The minimum Gasteiger partial charge on any atom is -0.310 e. The highest BCUT2D eigenvalue weighted by atomic mass is 14.9. The van der Waals surface area contributed by atoms with E-state index >= 15 is 0 Å². The molecule has 100 valence electrons. The van der Waals surface area contributed by atoms with Crippen LogP contribution in [0.5, 0.6) is 0 Å². The van der Waals surface area contributed by atoms with Gasteiger partial charge >= 0.3 is 0 Å². The number of benzene rings is 1. The second-order valence-electron chi connectivity index (χ2n) is 6.00. The zero-order valence-electron chi connectivity index (χ0n) is 12.1. The van der Waals surface area contributed by atoms with Crippen LogP contribution in [-0.4, -0.2) is 6.04 Å². The molecule has 0 saturated heterocycles. The third-order valence-corrected chi connectivity index (χ3v) is 4.47. The lowest BCUT2D eigenvalue weighted by molar-refractivity contribution is 0.280. The number of rotatable bonds is 4. The molecule has 1 fully saturated rings. The van der Waals surface area contributed by atoms with Crippen LogP contribution in [-0.2, 0) is 6.54 Å². The average molecular weight is 245 g/mol. The Labute approximate surface area is 112 Å². The molecule has 0 heterocycles. The molecule has 1 aromatic carbocycles. The van der Waals surface area contributed by atoms with Gasteiger partial charge in [-0.3, -0.25) is 0 Å². The van der Waals surface area contributed by atoms with Gasteiger partial charge in [0.15, 0.2) is 0 Å². The monoisotopic (exact) mass is 245 g/mol. The van der Waals surface area contributed by atoms with Gasteiger partial charge in [0.25, 0.3) is 0 Å². The molecule has 1 saturated carbocycles. The quantitative estimate of drug-likeness (QED) is 0.831. The van der Waals surface area contributed by atoms with Gasteiger partial charge in [0.2, 0.25) is 0 Å². The Balaban J connectivity index is 1.86. The van der Waals surface area contributed by atoms with E-state index in [4.69, 9.17) is 0 Å². The summed E-state index contributed by atoms with van der Waals surface area (Å²) in [6.07, 6.45) is 7.14. The van der Waals surface area contributed by atoms with Gasteiger partial charge in [0, 0.05) is 12.6 Å². The predicted octanol–water partition coefficient (Wildman–Crippen LogP) is 4.36. The summed E-state index contributed by atoms with van der Waals surface area (Å²) in [4.78, 5) is 0. The van der Waals surface area contributed by atoms with Gasteiger partial charge in [-0.25, -0.2) is 0 Å². The van der Waals surface area contributed by atoms with Gasteiger partial charge in [-0.05, 0) is 50.7 Å². The summed E-state index contributed by atoms with van der Waals surface area (Å²) in [7, 11) is 0. The molecule has 1 atom stereocenters. The van der Waals surface area contributed by atoms with Gasteiger partial charge < -0.3 is 5.32 Å². The molecule has 2 rings (SSSR count). The van der Waals surface area contributed by atoms with Crippen LogP contribution in [0.3, 0.4) is 0 Å². The Hall–Kier alpha value is -0.820. The molecule has 0 amide bonds. The minimum atomic E-state index is 0.658. The highest BCUT2D eigenvalue weighted by molar-refractivity contribution is 5.30. The van der Waals surface area contributed by atoms with Gasteiger partial charge in [-0.2, -0.15) is 0 Å². The molecule has 1 aromatic rings. The van der Waals surface area contributed by atoms with Crippen molar-refractivity contribution in [1.82, 2.24) is 5.32 Å². The van der Waals surface area contributed by atoms with E-state index in [0.717, 1.165) is 12.5 Å². The van der Waals surface area contributed by atoms with Crippen molar-refractivity contribution in [1.29, 1.82) is 0 Å². The molecule has 1 nitrogen and oxygen atoms in total. The summed E-state index contributed by atoms with van der Waals surface area (Å²) in [5.74, 6) is 0.893. The Morgan fingerprint density at radius 2 is 1.89 bits per heavy atom. The van der Waals surface area contributed by atoms with Crippen molar-refractivity contribution >= 4 is 0 Å². The van der Waals surface area contributed by atoms with Crippen molar-refractivity contribution in [2.75, 3.05) is 0 Å². The molecule has 1 N–H and O–H groups in total. The largest absolute Gasteiger partial charge is 0.310 e. The fourth-order valence-electron chi connectivity index (χ4n) is 3.12. The molecule has 1 aliphatic rings. The van der Waals surface area contributed by atoms with Gasteiger partial charge in [-0.1, -0.05) is 43.0 Å². The van der Waals surface area contributed by atoms with Crippen molar-refractivity contribution in [2.45, 2.75) is 65.5 Å². The van der Waals surface area contributed by atoms with Crippen LogP contribution < -0.4 is 5.32 Å². The Bertz CT molecular complexity index is 377. The summed E-state index contributed by atoms with van der Waals surface area (Å²) in [6, 6.07) is 7.43. The molecule has 1 aliphatic carbocycles. The first-order valence-electron chi connectivity index (χ1n) is 7.46. The van der Waals surface area contributed by atoms with E-state index in [1.54, 1.807) is 0 Å². The topological polar surface area (TPSA) is 12.0 Å². The van der Waals surface area contributed by atoms with E-state index < -0.39 is 0 Å². The summed E-state index contributed by atoms with van der Waals surface area (Å²) >= 11 is 0. The molecule has 0 bridgehead atoms. The molecule has 0 radical (unpaired) electrons.